The van der Waals surface area contributed by atoms with Crippen molar-refractivity contribution >= 4 is 28.3 Å². The van der Waals surface area contributed by atoms with Crippen LogP contribution in [-0.4, -0.2) is 81.4 Å². The topological polar surface area (TPSA) is 193 Å². The summed E-state index contributed by atoms with van der Waals surface area (Å²) in [5.41, 5.74) is 3.00. The van der Waals surface area contributed by atoms with Gasteiger partial charge in [-0.25, -0.2) is 8.78 Å². The number of Topliss-reactive ketones (excluding diaryl/α,β-unsaturated/α-hetero) is 1. The molecule has 0 N–H and O–H groups in total. The maximum absolute atomic E-state index is 13.1. The van der Waals surface area contributed by atoms with Crippen LogP contribution in [0.15, 0.2) is 70.3 Å². The molecule has 15 nitrogen and oxygen atoms in total. The molecule has 0 radical (unpaired) electrons. The fourth-order valence-corrected chi connectivity index (χ4v) is 7.67. The summed E-state index contributed by atoms with van der Waals surface area (Å²) in [6, 6.07) is 14.7. The molecule has 7 rings (SSSR count). The number of rotatable bonds is 12. The number of methoxy groups -OCH3 is 2. The molecule has 0 saturated heterocycles. The zero-order valence-corrected chi connectivity index (χ0v) is 47.7. The Labute approximate surface area is 471 Å². The third-order valence-corrected chi connectivity index (χ3v) is 10.3. The molecular weight excluding hydrogens is 1070 g/mol. The third-order valence-electron chi connectivity index (χ3n) is 9.72. The van der Waals surface area contributed by atoms with Crippen LogP contribution in [0.25, 0.3) is 0 Å². The minimum Gasteiger partial charge on any atom is -1.00 e. The van der Waals surface area contributed by atoms with Gasteiger partial charge in [0.1, 0.15) is 17.3 Å². The summed E-state index contributed by atoms with van der Waals surface area (Å²) in [5, 5.41) is 8.43. The van der Waals surface area contributed by atoms with Gasteiger partial charge in [-0.2, -0.15) is 8.42 Å². The number of benzene rings is 2. The van der Waals surface area contributed by atoms with Gasteiger partial charge in [-0.3, -0.25) is 32.5 Å². The molecule has 2 aromatic heterocycles. The van der Waals surface area contributed by atoms with E-state index in [1.807, 2.05) is 4.57 Å². The van der Waals surface area contributed by atoms with Gasteiger partial charge in [-0.15, -0.1) is 0 Å². The van der Waals surface area contributed by atoms with E-state index in [2.05, 4.69) is 4.89 Å². The summed E-state index contributed by atoms with van der Waals surface area (Å²) in [6.07, 6.45) is 4.16. The van der Waals surface area contributed by atoms with Crippen molar-refractivity contribution in [3.05, 3.63) is 127 Å². The first kappa shape index (κ1) is 53.7. The molecule has 2 aromatic carbocycles. The van der Waals surface area contributed by atoms with E-state index in [0.717, 1.165) is 35.9 Å². The normalized spacial score (nSPS) is 15.6. The fraction of sp³-hybridized carbons (Fsp3) is 0.375. The first-order valence-electron chi connectivity index (χ1n) is 18.7. The van der Waals surface area contributed by atoms with E-state index < -0.39 is 28.7 Å². The third kappa shape index (κ3) is 14.7. The number of pyridine rings is 2. The Morgan fingerprint density at radius 1 is 0.902 bits per heavy atom. The van der Waals surface area contributed by atoms with Crippen LogP contribution >= 0.6 is 0 Å². The van der Waals surface area contributed by atoms with Crippen LogP contribution in [0.2, 0.25) is 0 Å². The zero-order valence-electron chi connectivity index (χ0n) is 36.4. The number of carbonyl (C=O) groups is 3. The number of hydrogen-bond acceptors (Lipinski definition) is 12. The Bertz CT molecular complexity index is 2390. The number of nitrogens with zero attached hydrogens (tertiary/aromatic N) is 3. The van der Waals surface area contributed by atoms with Crippen LogP contribution in [-0.2, 0) is 49.8 Å². The van der Waals surface area contributed by atoms with Crippen LogP contribution in [0.1, 0.15) is 77.6 Å². The number of aromatic nitrogens is 2. The van der Waals surface area contributed by atoms with Gasteiger partial charge in [-0.05, 0) is 67.5 Å². The molecule has 0 fully saturated rings. The predicted molar refractivity (Wildman–Crippen MR) is 206 cm³/mol. The van der Waals surface area contributed by atoms with Gasteiger partial charge in [-0.1, -0.05) is 24.3 Å². The van der Waals surface area contributed by atoms with Gasteiger partial charge in [0.25, 0.3) is 22.5 Å². The Morgan fingerprint density at radius 2 is 1.41 bits per heavy atom. The van der Waals surface area contributed by atoms with Crippen molar-refractivity contribution in [2.75, 3.05) is 40.8 Å². The van der Waals surface area contributed by atoms with E-state index in [0.29, 0.717) is 43.7 Å². The van der Waals surface area contributed by atoms with E-state index in [9.17, 15) is 40.8 Å². The van der Waals surface area contributed by atoms with Crippen molar-refractivity contribution in [3.63, 3.8) is 0 Å². The maximum Gasteiger partial charge on any atom is 1.00 e. The Hall–Kier alpha value is -1.69. The molecule has 0 bridgehead atoms. The van der Waals surface area contributed by atoms with Crippen molar-refractivity contribution in [3.8, 4) is 11.5 Å². The van der Waals surface area contributed by atoms with Gasteiger partial charge < -0.3 is 35.1 Å². The van der Waals surface area contributed by atoms with Gasteiger partial charge in [0.2, 0.25) is 10.9 Å². The van der Waals surface area contributed by atoms with Crippen LogP contribution in [0.3, 0.4) is 0 Å². The number of amides is 1. The SMILES string of the molecule is COc1c(C(=O)CCc2ccc(F)cc2)n2c(cc1=O)CCC2COS(C)(=O)=O.COc1c2n3c(cc1=O)CCC3CN(Cc1ccc(F)cc1)C2=O.O=CO[O-].[2H]CF.[Cs+].[Cs+].[H-]. The number of alkyl halides is 1. The predicted octanol–water partition coefficient (Wildman–Crippen LogP) is -2.44. The summed E-state index contributed by atoms with van der Waals surface area (Å²) in [6.45, 7) is 0.662. The molecule has 0 aliphatic carbocycles. The summed E-state index contributed by atoms with van der Waals surface area (Å²) in [4.78, 5) is 63.6. The molecule has 2 atom stereocenters. The van der Waals surface area contributed by atoms with E-state index in [4.69, 9.17) is 25.1 Å². The van der Waals surface area contributed by atoms with Crippen molar-refractivity contribution in [1.82, 2.24) is 14.0 Å². The Morgan fingerprint density at radius 3 is 1.93 bits per heavy atom. The van der Waals surface area contributed by atoms with Crippen molar-refractivity contribution < 1.29 is 200 Å². The van der Waals surface area contributed by atoms with Crippen molar-refractivity contribution in [2.45, 2.75) is 57.2 Å². The molecule has 61 heavy (non-hydrogen) atoms. The molecule has 3 aliphatic heterocycles. The first-order valence-corrected chi connectivity index (χ1v) is 19.8. The second-order valence-electron chi connectivity index (χ2n) is 13.4. The average molecular weight is 1110 g/mol. The smallest absolute Gasteiger partial charge is 1.00 e. The first-order chi connectivity index (χ1) is 28.6. The quantitative estimate of drug-likeness (QED) is 0.0480. The summed E-state index contributed by atoms with van der Waals surface area (Å²) in [7, 11) is -1.91. The van der Waals surface area contributed by atoms with Crippen LogP contribution in [0.4, 0.5) is 13.2 Å². The largest absolute Gasteiger partial charge is 1.00 e. The number of carbonyl (C=O) groups excluding carboxylic acids is 3. The molecule has 3 aliphatic rings. The fourth-order valence-electron chi connectivity index (χ4n) is 7.27. The van der Waals surface area contributed by atoms with Crippen LogP contribution in [0.5, 0.6) is 11.5 Å². The van der Waals surface area contributed by atoms with E-state index in [-0.39, 0.29) is 211 Å². The van der Waals surface area contributed by atoms with E-state index >= 15 is 0 Å². The molecule has 4 aromatic rings. The minimum atomic E-state index is -3.64. The Kier molecular flexibility index (Phi) is 23.1. The van der Waals surface area contributed by atoms with Gasteiger partial charge in [0, 0.05) is 43.0 Å². The summed E-state index contributed by atoms with van der Waals surface area (Å²) >= 11 is 0. The minimum absolute atomic E-state index is 0. The van der Waals surface area contributed by atoms with Crippen molar-refractivity contribution in [2.24, 2.45) is 0 Å². The molecule has 21 heteroatoms. The maximum atomic E-state index is 13.1. The standard InChI is InChI=1S/C20H22FNO6S.C18H17FN2O3.CH3F.CH2O3.2Cs.H/c1-27-20-18(24)11-15-8-9-16(12-28-29(2,25)26)22(15)19(20)17(23)10-5-13-3-6-14(21)7-4-13;1-24-17-15(22)8-13-6-7-14-10-20(18(23)16(17)21(13)14)9-11-2-4-12(19)5-3-11;1-2;2-1-4-3;;;/h3-4,6-7,11,16H,5,8-10,12H2,1-2H3;2-5,8,14H,6-7,9-10H2,1H3;1H3;1,3H;;;/q;;;;2*+1;-1/p-1/i;;1D;;;;. The zero-order chi connectivity index (χ0) is 44.1. The van der Waals surface area contributed by atoms with Crippen LogP contribution in [0, 0.1) is 11.6 Å². The van der Waals surface area contributed by atoms with Gasteiger partial charge in [0.05, 0.1) is 47.7 Å². The summed E-state index contributed by atoms with van der Waals surface area (Å²) in [5.74, 6) is -1.14. The molecular formula is C40H44Cs2F3N3O12S. The average Bonchev–Trinajstić information content (AvgIpc) is 3.82. The summed E-state index contributed by atoms with van der Waals surface area (Å²) < 4.78 is 83.4. The molecule has 5 heterocycles. The van der Waals surface area contributed by atoms with Crippen molar-refractivity contribution in [1.29, 1.82) is 0 Å². The number of ketones is 1. The second-order valence-corrected chi connectivity index (χ2v) is 15.1. The molecule has 320 valence electrons. The van der Waals surface area contributed by atoms with Gasteiger partial charge in [0.15, 0.2) is 23.0 Å². The number of hydrogen-bond donors (Lipinski definition) is 0. The van der Waals surface area contributed by atoms with E-state index in [1.165, 1.54) is 44.6 Å². The van der Waals surface area contributed by atoms with Gasteiger partial charge >= 0.3 is 138 Å². The number of aryl methyl sites for hydroxylation is 3. The van der Waals surface area contributed by atoms with E-state index in [1.54, 1.807) is 39.8 Å². The number of halogens is 3. The Balaban J connectivity index is 0.000000532. The monoisotopic (exact) mass is 1110 g/mol. The second kappa shape index (κ2) is 26.3. The number of fused-ring (bicyclic) bond motifs is 1. The molecule has 1 amide bonds. The molecule has 2 unspecified atom stereocenters. The molecule has 0 spiro atoms. The molecule has 0 saturated carbocycles. The van der Waals surface area contributed by atoms with Crippen LogP contribution < -0.4 is 163 Å². The number of ether oxygens (including phenoxy) is 2.